The Hall–Kier alpha value is -4.07. The third-order valence-electron chi connectivity index (χ3n) is 5.11. The highest BCUT2D eigenvalue weighted by molar-refractivity contribution is 5.99. The van der Waals surface area contributed by atoms with E-state index >= 15 is 0 Å². The Labute approximate surface area is 216 Å². The van der Waals surface area contributed by atoms with Crippen molar-refractivity contribution in [2.75, 3.05) is 32.2 Å². The Bertz CT molecular complexity index is 1100. The Kier molecular flexibility index (Phi) is 10.5. The molecule has 0 aliphatic rings. The van der Waals surface area contributed by atoms with E-state index in [-0.39, 0.29) is 6.54 Å². The number of anilines is 1. The van der Waals surface area contributed by atoms with E-state index in [0.717, 1.165) is 4.90 Å². The summed E-state index contributed by atoms with van der Waals surface area (Å²) in [6.45, 7) is 3.45. The summed E-state index contributed by atoms with van der Waals surface area (Å²) in [5.74, 6) is 1.70. The number of alkyl carbamates (subject to hydrolysis) is 1. The smallest absolute Gasteiger partial charge is 0.408 e. The molecule has 2 rings (SSSR count). The highest BCUT2D eigenvalue weighted by Gasteiger charge is 2.36. The predicted octanol–water partition coefficient (Wildman–Crippen LogP) is 2.06. The SMILES string of the molecule is C#Cc1ccc(C(C(=O)Nc2ccc(OC)cc2)N(CCO)C(=O)C(CO)NC(=O)OC(C)(C)C)cc1. The van der Waals surface area contributed by atoms with Gasteiger partial charge in [-0.25, -0.2) is 4.79 Å². The number of carbonyl (C=O) groups excluding carboxylic acids is 3. The van der Waals surface area contributed by atoms with Crippen molar-refractivity contribution in [1.29, 1.82) is 0 Å². The summed E-state index contributed by atoms with van der Waals surface area (Å²) in [6, 6.07) is 10.4. The lowest BCUT2D eigenvalue weighted by Crippen LogP contribution is -2.54. The number of rotatable bonds is 10. The summed E-state index contributed by atoms with van der Waals surface area (Å²) in [5.41, 5.74) is 0.578. The van der Waals surface area contributed by atoms with Gasteiger partial charge in [0.2, 0.25) is 5.91 Å². The second-order valence-corrected chi connectivity index (χ2v) is 9.02. The minimum Gasteiger partial charge on any atom is -0.497 e. The van der Waals surface area contributed by atoms with E-state index in [1.165, 1.54) is 7.11 Å². The molecule has 0 aliphatic heterocycles. The molecular weight excluding hydrogens is 478 g/mol. The summed E-state index contributed by atoms with van der Waals surface area (Å²) in [4.78, 5) is 40.4. The molecule has 0 aliphatic carbocycles. The lowest BCUT2D eigenvalue weighted by Gasteiger charge is -2.33. The average Bonchev–Trinajstić information content (AvgIpc) is 2.86. The number of ether oxygens (including phenoxy) is 2. The summed E-state index contributed by atoms with van der Waals surface area (Å²) in [6.07, 6.45) is 4.53. The molecule has 0 aromatic heterocycles. The van der Waals surface area contributed by atoms with Crippen LogP contribution in [0.5, 0.6) is 5.75 Å². The first kappa shape index (κ1) is 29.2. The van der Waals surface area contributed by atoms with Crippen molar-refractivity contribution in [3.05, 3.63) is 59.7 Å². The van der Waals surface area contributed by atoms with Gasteiger partial charge in [-0.15, -0.1) is 6.42 Å². The fraction of sp³-hybridized carbons (Fsp3) is 0.370. The van der Waals surface area contributed by atoms with Gasteiger partial charge in [-0.2, -0.15) is 0 Å². The number of aliphatic hydroxyl groups excluding tert-OH is 2. The molecule has 2 unspecified atom stereocenters. The second kappa shape index (κ2) is 13.3. The quantitative estimate of drug-likeness (QED) is 0.358. The van der Waals surface area contributed by atoms with Crippen molar-refractivity contribution in [2.45, 2.75) is 38.5 Å². The number of nitrogens with one attached hydrogen (secondary N) is 2. The molecule has 198 valence electrons. The van der Waals surface area contributed by atoms with E-state index in [0.29, 0.717) is 22.6 Å². The number of hydrogen-bond donors (Lipinski definition) is 4. The zero-order valence-corrected chi connectivity index (χ0v) is 21.4. The molecule has 0 radical (unpaired) electrons. The van der Waals surface area contributed by atoms with Crippen LogP contribution in [-0.4, -0.2) is 71.5 Å². The second-order valence-electron chi connectivity index (χ2n) is 9.02. The number of benzene rings is 2. The molecule has 10 heteroatoms. The summed E-state index contributed by atoms with van der Waals surface area (Å²) >= 11 is 0. The minimum atomic E-state index is -1.43. The summed E-state index contributed by atoms with van der Waals surface area (Å²) < 4.78 is 10.3. The van der Waals surface area contributed by atoms with E-state index < -0.39 is 48.8 Å². The molecule has 0 saturated carbocycles. The van der Waals surface area contributed by atoms with Gasteiger partial charge in [0.05, 0.1) is 20.3 Å². The number of hydrogen-bond acceptors (Lipinski definition) is 7. The summed E-state index contributed by atoms with van der Waals surface area (Å²) in [5, 5.41) is 24.7. The molecule has 2 atom stereocenters. The maximum Gasteiger partial charge on any atom is 0.408 e. The van der Waals surface area contributed by atoms with Crippen molar-refractivity contribution in [3.8, 4) is 18.1 Å². The number of nitrogens with zero attached hydrogens (tertiary/aromatic N) is 1. The maximum atomic E-state index is 13.5. The van der Waals surface area contributed by atoms with E-state index in [4.69, 9.17) is 15.9 Å². The Morgan fingerprint density at radius 3 is 2.16 bits per heavy atom. The van der Waals surface area contributed by atoms with Gasteiger partial charge in [-0.1, -0.05) is 18.1 Å². The first-order valence-corrected chi connectivity index (χ1v) is 11.6. The van der Waals surface area contributed by atoms with Gasteiger partial charge in [0, 0.05) is 17.8 Å². The lowest BCUT2D eigenvalue weighted by atomic mass is 10.0. The molecule has 10 nitrogen and oxygen atoms in total. The third-order valence-corrected chi connectivity index (χ3v) is 5.11. The third kappa shape index (κ3) is 8.52. The zero-order chi connectivity index (χ0) is 27.6. The summed E-state index contributed by atoms with van der Waals surface area (Å²) in [7, 11) is 1.52. The van der Waals surface area contributed by atoms with E-state index in [1.807, 2.05) is 0 Å². The highest BCUT2D eigenvalue weighted by Crippen LogP contribution is 2.25. The van der Waals surface area contributed by atoms with E-state index in [1.54, 1.807) is 69.3 Å². The fourth-order valence-electron chi connectivity index (χ4n) is 3.43. The van der Waals surface area contributed by atoms with Crippen LogP contribution >= 0.6 is 0 Å². The van der Waals surface area contributed by atoms with Gasteiger partial charge in [-0.3, -0.25) is 9.59 Å². The molecule has 4 N–H and O–H groups in total. The lowest BCUT2D eigenvalue weighted by molar-refractivity contribution is -0.142. The van der Waals surface area contributed by atoms with Crippen molar-refractivity contribution in [1.82, 2.24) is 10.2 Å². The molecule has 37 heavy (non-hydrogen) atoms. The molecule has 0 bridgehead atoms. The van der Waals surface area contributed by atoms with Gasteiger partial charge in [0.15, 0.2) is 0 Å². The molecule has 0 saturated heterocycles. The number of methoxy groups -OCH3 is 1. The fourth-order valence-corrected chi connectivity index (χ4v) is 3.43. The van der Waals surface area contributed by atoms with Crippen LogP contribution in [-0.2, 0) is 14.3 Å². The number of aliphatic hydroxyl groups is 2. The minimum absolute atomic E-state index is 0.261. The van der Waals surface area contributed by atoms with E-state index in [9.17, 15) is 24.6 Å². The van der Waals surface area contributed by atoms with Gasteiger partial charge < -0.3 is 35.2 Å². The standard InChI is InChI=1S/C27H33N3O7/c1-6-18-7-9-19(10-8-18)23(24(33)28-20-11-13-21(36-5)14-12-20)30(15-16-31)25(34)22(17-32)29-26(35)37-27(2,3)4/h1,7-14,22-23,31-32H,15-17H2,2-5H3,(H,28,33)(H,29,35). The van der Waals surface area contributed by atoms with Crippen LogP contribution in [0.3, 0.4) is 0 Å². The van der Waals surface area contributed by atoms with E-state index in [2.05, 4.69) is 16.6 Å². The van der Waals surface area contributed by atoms with Crippen molar-refractivity contribution in [3.63, 3.8) is 0 Å². The van der Waals surface area contributed by atoms with Crippen LogP contribution < -0.4 is 15.4 Å². The van der Waals surface area contributed by atoms with Gasteiger partial charge >= 0.3 is 6.09 Å². The van der Waals surface area contributed by atoms with Gasteiger partial charge in [0.25, 0.3) is 5.91 Å². The van der Waals surface area contributed by atoms with Crippen LogP contribution in [0, 0.1) is 12.3 Å². The van der Waals surface area contributed by atoms with Crippen LogP contribution in [0.15, 0.2) is 48.5 Å². The van der Waals surface area contributed by atoms with Gasteiger partial charge in [0.1, 0.15) is 23.4 Å². The number of amides is 3. The van der Waals surface area contributed by atoms with Crippen molar-refractivity contribution >= 4 is 23.6 Å². The largest absolute Gasteiger partial charge is 0.497 e. The first-order chi connectivity index (χ1) is 17.5. The number of carbonyl (C=O) groups is 3. The van der Waals surface area contributed by atoms with Crippen LogP contribution in [0.2, 0.25) is 0 Å². The first-order valence-electron chi connectivity index (χ1n) is 11.6. The molecule has 0 spiro atoms. The zero-order valence-electron chi connectivity index (χ0n) is 21.4. The number of terminal acetylenes is 1. The van der Waals surface area contributed by atoms with Crippen LogP contribution in [0.4, 0.5) is 10.5 Å². The molecule has 2 aromatic rings. The van der Waals surface area contributed by atoms with Crippen molar-refractivity contribution < 1.29 is 34.1 Å². The van der Waals surface area contributed by atoms with Gasteiger partial charge in [-0.05, 0) is 62.7 Å². The molecule has 3 amide bonds. The highest BCUT2D eigenvalue weighted by atomic mass is 16.6. The topological polar surface area (TPSA) is 137 Å². The Morgan fingerprint density at radius 2 is 1.68 bits per heavy atom. The Morgan fingerprint density at radius 1 is 1.05 bits per heavy atom. The maximum absolute atomic E-state index is 13.5. The monoisotopic (exact) mass is 511 g/mol. The predicted molar refractivity (Wildman–Crippen MR) is 138 cm³/mol. The van der Waals surface area contributed by atoms with Crippen LogP contribution in [0.25, 0.3) is 0 Å². The molecule has 2 aromatic carbocycles. The van der Waals surface area contributed by atoms with Crippen LogP contribution in [0.1, 0.15) is 37.9 Å². The normalized spacial score (nSPS) is 12.5. The average molecular weight is 512 g/mol. The molecule has 0 fully saturated rings. The Balaban J connectivity index is 2.43. The van der Waals surface area contributed by atoms with Crippen molar-refractivity contribution in [2.24, 2.45) is 0 Å². The molecular formula is C27H33N3O7. The molecule has 0 heterocycles.